The zero-order valence-corrected chi connectivity index (χ0v) is 10.9. The van der Waals surface area contributed by atoms with Crippen molar-refractivity contribution >= 4 is 5.82 Å². The first-order chi connectivity index (χ1) is 8.70. The monoisotopic (exact) mass is 247 g/mol. The van der Waals surface area contributed by atoms with Crippen LogP contribution in [0.4, 0.5) is 5.82 Å². The number of hydrogen-bond acceptors (Lipinski definition) is 5. The lowest BCUT2D eigenvalue weighted by molar-refractivity contribution is 0.326. The quantitative estimate of drug-likeness (QED) is 0.795. The van der Waals surface area contributed by atoms with Crippen LogP contribution in [-0.4, -0.2) is 33.2 Å². The summed E-state index contributed by atoms with van der Waals surface area (Å²) in [4.78, 5) is 14.6. The molecule has 18 heavy (non-hydrogen) atoms. The highest BCUT2D eigenvalue weighted by molar-refractivity contribution is 5.39. The van der Waals surface area contributed by atoms with Gasteiger partial charge in [0.25, 0.3) is 0 Å². The van der Waals surface area contributed by atoms with Crippen molar-refractivity contribution in [3.63, 3.8) is 0 Å². The summed E-state index contributed by atoms with van der Waals surface area (Å²) in [7, 11) is 3.94. The van der Waals surface area contributed by atoms with Gasteiger partial charge in [-0.15, -0.1) is 0 Å². The SMILES string of the molecule is CCOc1cc(N(C)Cc2nccn2C)ncn1. The number of aryl methyl sites for hydroxylation is 1. The highest BCUT2D eigenvalue weighted by Gasteiger charge is 2.08. The second kappa shape index (κ2) is 5.48. The third-order valence-corrected chi connectivity index (χ3v) is 2.61. The summed E-state index contributed by atoms with van der Waals surface area (Å²) < 4.78 is 7.34. The molecule has 0 N–H and O–H groups in total. The minimum Gasteiger partial charge on any atom is -0.478 e. The molecule has 2 aromatic heterocycles. The largest absolute Gasteiger partial charge is 0.478 e. The minimum absolute atomic E-state index is 0.592. The molecule has 2 heterocycles. The van der Waals surface area contributed by atoms with E-state index < -0.39 is 0 Å². The van der Waals surface area contributed by atoms with Crippen LogP contribution in [0.3, 0.4) is 0 Å². The van der Waals surface area contributed by atoms with Crippen LogP contribution >= 0.6 is 0 Å². The van der Waals surface area contributed by atoms with Crippen LogP contribution in [-0.2, 0) is 13.6 Å². The Kier molecular flexibility index (Phi) is 3.76. The molecule has 0 aliphatic heterocycles. The van der Waals surface area contributed by atoms with Gasteiger partial charge in [-0.05, 0) is 6.92 Å². The van der Waals surface area contributed by atoms with Crippen LogP contribution in [0.15, 0.2) is 24.8 Å². The Bertz CT molecular complexity index is 511. The van der Waals surface area contributed by atoms with E-state index >= 15 is 0 Å². The highest BCUT2D eigenvalue weighted by Crippen LogP contribution is 2.15. The maximum Gasteiger partial charge on any atom is 0.218 e. The fourth-order valence-electron chi connectivity index (χ4n) is 1.61. The number of hydrogen-bond donors (Lipinski definition) is 0. The molecule has 2 rings (SSSR count). The molecule has 0 atom stereocenters. The normalized spacial score (nSPS) is 10.4. The Hall–Kier alpha value is -2.11. The van der Waals surface area contributed by atoms with E-state index in [0.29, 0.717) is 19.0 Å². The van der Waals surface area contributed by atoms with Crippen molar-refractivity contribution in [1.82, 2.24) is 19.5 Å². The van der Waals surface area contributed by atoms with E-state index in [4.69, 9.17) is 4.74 Å². The second-order valence-corrected chi connectivity index (χ2v) is 3.96. The second-order valence-electron chi connectivity index (χ2n) is 3.96. The molecular formula is C12H17N5O. The number of nitrogens with zero attached hydrogens (tertiary/aromatic N) is 5. The van der Waals surface area contributed by atoms with Gasteiger partial charge in [0.2, 0.25) is 5.88 Å². The van der Waals surface area contributed by atoms with Gasteiger partial charge in [-0.2, -0.15) is 0 Å². The summed E-state index contributed by atoms with van der Waals surface area (Å²) in [5.41, 5.74) is 0. The maximum atomic E-state index is 5.36. The van der Waals surface area contributed by atoms with Gasteiger partial charge in [-0.1, -0.05) is 0 Å². The van der Waals surface area contributed by atoms with Crippen molar-refractivity contribution in [3.8, 4) is 5.88 Å². The molecular weight excluding hydrogens is 230 g/mol. The zero-order chi connectivity index (χ0) is 13.0. The average Bonchev–Trinajstić information content (AvgIpc) is 2.76. The van der Waals surface area contributed by atoms with Crippen molar-refractivity contribution < 1.29 is 4.74 Å². The van der Waals surface area contributed by atoms with Gasteiger partial charge >= 0.3 is 0 Å². The molecule has 0 saturated carbocycles. The smallest absolute Gasteiger partial charge is 0.218 e. The van der Waals surface area contributed by atoms with Gasteiger partial charge in [-0.3, -0.25) is 0 Å². The van der Waals surface area contributed by atoms with Crippen LogP contribution in [0.5, 0.6) is 5.88 Å². The Morgan fingerprint density at radius 2 is 2.17 bits per heavy atom. The molecule has 0 aliphatic rings. The van der Waals surface area contributed by atoms with Crippen molar-refractivity contribution in [2.75, 3.05) is 18.6 Å². The fourth-order valence-corrected chi connectivity index (χ4v) is 1.61. The summed E-state index contributed by atoms with van der Waals surface area (Å²) in [6.45, 7) is 3.21. The lowest BCUT2D eigenvalue weighted by Crippen LogP contribution is -2.20. The number of rotatable bonds is 5. The Balaban J connectivity index is 2.11. The summed E-state index contributed by atoms with van der Waals surface area (Å²) in [5, 5.41) is 0. The molecule has 2 aromatic rings. The molecule has 0 bridgehead atoms. The number of ether oxygens (including phenoxy) is 1. The van der Waals surface area contributed by atoms with Gasteiger partial charge < -0.3 is 14.2 Å². The molecule has 0 unspecified atom stereocenters. The molecule has 96 valence electrons. The third kappa shape index (κ3) is 2.77. The van der Waals surface area contributed by atoms with Crippen LogP contribution in [0.2, 0.25) is 0 Å². The van der Waals surface area contributed by atoms with Crippen molar-refractivity contribution in [1.29, 1.82) is 0 Å². The van der Waals surface area contributed by atoms with Crippen LogP contribution in [0.1, 0.15) is 12.7 Å². The number of aromatic nitrogens is 4. The molecule has 0 aromatic carbocycles. The summed E-state index contributed by atoms with van der Waals surface area (Å²) in [6.07, 6.45) is 5.22. The topological polar surface area (TPSA) is 56.1 Å². The summed E-state index contributed by atoms with van der Waals surface area (Å²) in [5.74, 6) is 2.39. The fraction of sp³-hybridized carbons (Fsp3) is 0.417. The van der Waals surface area contributed by atoms with Crippen molar-refractivity contribution in [2.45, 2.75) is 13.5 Å². The predicted octanol–water partition coefficient (Wildman–Crippen LogP) is 1.25. The maximum absolute atomic E-state index is 5.36. The van der Waals surface area contributed by atoms with E-state index in [1.165, 1.54) is 6.33 Å². The lowest BCUT2D eigenvalue weighted by Gasteiger charge is -2.17. The molecule has 0 amide bonds. The van der Waals surface area contributed by atoms with E-state index in [-0.39, 0.29) is 0 Å². The molecule has 0 spiro atoms. The number of imidazole rings is 1. The molecule has 6 heteroatoms. The van der Waals surface area contributed by atoms with Gasteiger partial charge in [0.15, 0.2) is 0 Å². The lowest BCUT2D eigenvalue weighted by atomic mass is 10.4. The van der Waals surface area contributed by atoms with E-state index in [1.807, 2.05) is 42.7 Å². The van der Waals surface area contributed by atoms with E-state index in [1.54, 1.807) is 6.20 Å². The van der Waals surface area contributed by atoms with Crippen molar-refractivity contribution in [3.05, 3.63) is 30.6 Å². The Morgan fingerprint density at radius 3 is 2.83 bits per heavy atom. The summed E-state index contributed by atoms with van der Waals surface area (Å²) in [6, 6.07) is 1.83. The molecule has 0 radical (unpaired) electrons. The molecule has 0 fully saturated rings. The first-order valence-corrected chi connectivity index (χ1v) is 5.83. The third-order valence-electron chi connectivity index (χ3n) is 2.61. The predicted molar refractivity (Wildman–Crippen MR) is 68.5 cm³/mol. The minimum atomic E-state index is 0.592. The van der Waals surface area contributed by atoms with Crippen LogP contribution in [0, 0.1) is 0 Å². The van der Waals surface area contributed by atoms with Crippen LogP contribution in [0.25, 0.3) is 0 Å². The molecule has 6 nitrogen and oxygen atoms in total. The van der Waals surface area contributed by atoms with Gasteiger partial charge in [-0.25, -0.2) is 15.0 Å². The standard InChI is InChI=1S/C12H17N5O/c1-4-18-12-7-10(14-9-15-12)17(3)8-11-13-5-6-16(11)2/h5-7,9H,4,8H2,1-3H3. The molecule has 0 aliphatic carbocycles. The average molecular weight is 247 g/mol. The van der Waals surface area contributed by atoms with Gasteiger partial charge in [0.05, 0.1) is 13.2 Å². The first kappa shape index (κ1) is 12.3. The van der Waals surface area contributed by atoms with E-state index in [9.17, 15) is 0 Å². The highest BCUT2D eigenvalue weighted by atomic mass is 16.5. The summed E-state index contributed by atoms with van der Waals surface area (Å²) >= 11 is 0. The first-order valence-electron chi connectivity index (χ1n) is 5.83. The van der Waals surface area contributed by atoms with Crippen molar-refractivity contribution in [2.24, 2.45) is 7.05 Å². The van der Waals surface area contributed by atoms with E-state index in [2.05, 4.69) is 15.0 Å². The number of anilines is 1. The Labute approximate surface area is 106 Å². The van der Waals surface area contributed by atoms with Gasteiger partial charge in [0.1, 0.15) is 18.0 Å². The van der Waals surface area contributed by atoms with E-state index in [0.717, 1.165) is 11.6 Å². The van der Waals surface area contributed by atoms with Crippen LogP contribution < -0.4 is 9.64 Å². The molecule has 0 saturated heterocycles. The Morgan fingerprint density at radius 1 is 1.33 bits per heavy atom. The van der Waals surface area contributed by atoms with Gasteiger partial charge in [0, 0.05) is 32.6 Å². The zero-order valence-electron chi connectivity index (χ0n) is 10.9.